The lowest BCUT2D eigenvalue weighted by molar-refractivity contribution is 0.104. The molecule has 0 saturated carbocycles. The Kier molecular flexibility index (Phi) is 5.79. The first-order valence-electron chi connectivity index (χ1n) is 7.47. The highest BCUT2D eigenvalue weighted by molar-refractivity contribution is 6.30. The van der Waals surface area contributed by atoms with Gasteiger partial charge >= 0.3 is 0 Å². The molecule has 2 aromatic rings. The Morgan fingerprint density at radius 2 is 1.59 bits per heavy atom. The van der Waals surface area contributed by atoms with Crippen molar-refractivity contribution < 1.29 is 4.79 Å². The summed E-state index contributed by atoms with van der Waals surface area (Å²) in [6.45, 7) is 6.26. The van der Waals surface area contributed by atoms with E-state index in [4.69, 9.17) is 11.6 Å². The maximum Gasteiger partial charge on any atom is 0.185 e. The summed E-state index contributed by atoms with van der Waals surface area (Å²) in [5, 5.41) is 0.632. The maximum absolute atomic E-state index is 12.1. The Morgan fingerprint density at radius 1 is 1.00 bits per heavy atom. The van der Waals surface area contributed by atoms with Crippen molar-refractivity contribution in [2.24, 2.45) is 0 Å². The Bertz CT molecular complexity index is 640. The highest BCUT2D eigenvalue weighted by Crippen LogP contribution is 2.16. The van der Waals surface area contributed by atoms with E-state index < -0.39 is 0 Å². The number of anilines is 1. The first kappa shape index (κ1) is 16.3. The first-order chi connectivity index (χ1) is 10.6. The van der Waals surface area contributed by atoms with Crippen LogP contribution in [-0.2, 0) is 0 Å². The number of nitrogens with zero attached hydrogens (tertiary/aromatic N) is 1. The maximum atomic E-state index is 12.1. The molecule has 0 radical (unpaired) electrons. The van der Waals surface area contributed by atoms with Gasteiger partial charge in [-0.2, -0.15) is 0 Å². The van der Waals surface area contributed by atoms with Crippen LogP contribution in [0.15, 0.2) is 54.6 Å². The summed E-state index contributed by atoms with van der Waals surface area (Å²) in [5.74, 6) is -0.0236. The zero-order valence-corrected chi connectivity index (χ0v) is 13.7. The third kappa shape index (κ3) is 4.22. The number of halogens is 1. The minimum atomic E-state index is -0.0236. The van der Waals surface area contributed by atoms with E-state index in [2.05, 4.69) is 30.9 Å². The fourth-order valence-electron chi connectivity index (χ4n) is 2.27. The lowest BCUT2D eigenvalue weighted by Gasteiger charge is -2.20. The van der Waals surface area contributed by atoms with Gasteiger partial charge in [0, 0.05) is 29.4 Å². The molecular formula is C19H20ClNO. The number of carbonyl (C=O) groups excluding carboxylic acids is 1. The average Bonchev–Trinajstić information content (AvgIpc) is 2.55. The standard InChI is InChI=1S/C19H20ClNO/c1-3-21(4-2)18-12-5-15(6-13-18)7-14-19(22)16-8-10-17(20)11-9-16/h5-14H,3-4H2,1-2H3/b14-7+. The monoisotopic (exact) mass is 313 g/mol. The molecule has 0 fully saturated rings. The van der Waals surface area contributed by atoms with E-state index in [0.29, 0.717) is 10.6 Å². The van der Waals surface area contributed by atoms with E-state index in [9.17, 15) is 4.79 Å². The summed E-state index contributed by atoms with van der Waals surface area (Å²) >= 11 is 5.82. The second-order valence-electron chi connectivity index (χ2n) is 4.97. The van der Waals surface area contributed by atoms with Crippen LogP contribution in [0.25, 0.3) is 6.08 Å². The van der Waals surface area contributed by atoms with Gasteiger partial charge in [-0.05, 0) is 61.9 Å². The van der Waals surface area contributed by atoms with Gasteiger partial charge in [0.1, 0.15) is 0 Å². The fourth-order valence-corrected chi connectivity index (χ4v) is 2.39. The number of benzene rings is 2. The van der Waals surface area contributed by atoms with Crippen molar-refractivity contribution in [2.75, 3.05) is 18.0 Å². The second-order valence-corrected chi connectivity index (χ2v) is 5.40. The van der Waals surface area contributed by atoms with Crippen molar-refractivity contribution in [3.63, 3.8) is 0 Å². The van der Waals surface area contributed by atoms with Gasteiger partial charge in [0.2, 0.25) is 0 Å². The van der Waals surface area contributed by atoms with Crippen molar-refractivity contribution in [3.05, 3.63) is 70.8 Å². The lowest BCUT2D eigenvalue weighted by Crippen LogP contribution is -2.21. The van der Waals surface area contributed by atoms with Gasteiger partial charge in [-0.1, -0.05) is 29.8 Å². The number of hydrogen-bond donors (Lipinski definition) is 0. The van der Waals surface area contributed by atoms with Gasteiger partial charge in [0.15, 0.2) is 5.78 Å². The molecule has 0 aromatic heterocycles. The number of allylic oxidation sites excluding steroid dienone is 1. The highest BCUT2D eigenvalue weighted by Gasteiger charge is 2.02. The molecule has 3 heteroatoms. The quantitative estimate of drug-likeness (QED) is 0.547. The third-order valence-electron chi connectivity index (χ3n) is 3.58. The zero-order chi connectivity index (χ0) is 15.9. The molecule has 22 heavy (non-hydrogen) atoms. The summed E-state index contributed by atoms with van der Waals surface area (Å²) in [7, 11) is 0. The number of ketones is 1. The molecule has 2 nitrogen and oxygen atoms in total. The van der Waals surface area contributed by atoms with Crippen LogP contribution in [0.3, 0.4) is 0 Å². The zero-order valence-electron chi connectivity index (χ0n) is 12.9. The van der Waals surface area contributed by atoms with Crippen molar-refractivity contribution in [1.29, 1.82) is 0 Å². The molecule has 0 bridgehead atoms. The van der Waals surface area contributed by atoms with Crippen molar-refractivity contribution >= 4 is 29.1 Å². The first-order valence-corrected chi connectivity index (χ1v) is 7.84. The normalized spacial score (nSPS) is 10.9. The molecule has 0 amide bonds. The summed E-state index contributed by atoms with van der Waals surface area (Å²) < 4.78 is 0. The van der Waals surface area contributed by atoms with Crippen LogP contribution in [0.2, 0.25) is 5.02 Å². The summed E-state index contributed by atoms with van der Waals surface area (Å²) in [4.78, 5) is 14.3. The van der Waals surface area contributed by atoms with E-state index in [1.54, 1.807) is 30.3 Å². The van der Waals surface area contributed by atoms with Gasteiger partial charge in [0.25, 0.3) is 0 Å². The SMILES string of the molecule is CCN(CC)c1ccc(/C=C/C(=O)c2ccc(Cl)cc2)cc1. The largest absolute Gasteiger partial charge is 0.372 e. The molecule has 114 valence electrons. The van der Waals surface area contributed by atoms with Crippen LogP contribution in [-0.4, -0.2) is 18.9 Å². The van der Waals surface area contributed by atoms with Crippen LogP contribution in [0, 0.1) is 0 Å². The van der Waals surface area contributed by atoms with Crippen LogP contribution in [0.4, 0.5) is 5.69 Å². The third-order valence-corrected chi connectivity index (χ3v) is 3.83. The number of hydrogen-bond acceptors (Lipinski definition) is 2. The summed E-state index contributed by atoms with van der Waals surface area (Å²) in [5.41, 5.74) is 2.85. The Labute approximate surface area is 137 Å². The van der Waals surface area contributed by atoms with Gasteiger partial charge in [-0.25, -0.2) is 0 Å². The Balaban J connectivity index is 2.06. The highest BCUT2D eigenvalue weighted by atomic mass is 35.5. The molecule has 0 spiro atoms. The van der Waals surface area contributed by atoms with Gasteiger partial charge in [-0.15, -0.1) is 0 Å². The number of rotatable bonds is 6. The number of carbonyl (C=O) groups is 1. The van der Waals surface area contributed by atoms with E-state index in [-0.39, 0.29) is 5.78 Å². The molecule has 0 saturated heterocycles. The Hall–Kier alpha value is -2.06. The van der Waals surface area contributed by atoms with E-state index in [1.807, 2.05) is 18.2 Å². The Morgan fingerprint density at radius 3 is 2.14 bits per heavy atom. The predicted octanol–water partition coefficient (Wildman–Crippen LogP) is 5.08. The van der Waals surface area contributed by atoms with Crippen molar-refractivity contribution in [1.82, 2.24) is 0 Å². The molecular weight excluding hydrogens is 294 g/mol. The smallest absolute Gasteiger partial charge is 0.185 e. The summed E-state index contributed by atoms with van der Waals surface area (Å²) in [6, 6.07) is 15.1. The van der Waals surface area contributed by atoms with Crippen molar-refractivity contribution in [2.45, 2.75) is 13.8 Å². The summed E-state index contributed by atoms with van der Waals surface area (Å²) in [6.07, 6.45) is 3.43. The minimum Gasteiger partial charge on any atom is -0.372 e. The van der Waals surface area contributed by atoms with Crippen LogP contribution in [0.5, 0.6) is 0 Å². The molecule has 2 aromatic carbocycles. The molecule has 2 rings (SSSR count). The average molecular weight is 314 g/mol. The fraction of sp³-hybridized carbons (Fsp3) is 0.211. The lowest BCUT2D eigenvalue weighted by atomic mass is 10.1. The van der Waals surface area contributed by atoms with Gasteiger partial charge in [0.05, 0.1) is 0 Å². The predicted molar refractivity (Wildman–Crippen MR) is 94.8 cm³/mol. The minimum absolute atomic E-state index is 0.0236. The van der Waals surface area contributed by atoms with Gasteiger partial charge < -0.3 is 4.90 Å². The molecule has 0 aliphatic rings. The second kappa shape index (κ2) is 7.81. The molecule has 0 aliphatic heterocycles. The molecule has 0 atom stereocenters. The van der Waals surface area contributed by atoms with Crippen LogP contribution < -0.4 is 4.90 Å². The van der Waals surface area contributed by atoms with Crippen LogP contribution in [0.1, 0.15) is 29.8 Å². The van der Waals surface area contributed by atoms with E-state index in [1.165, 1.54) is 5.69 Å². The molecule has 0 heterocycles. The molecule has 0 unspecified atom stereocenters. The van der Waals surface area contributed by atoms with Crippen molar-refractivity contribution in [3.8, 4) is 0 Å². The molecule has 0 N–H and O–H groups in total. The molecule has 0 aliphatic carbocycles. The topological polar surface area (TPSA) is 20.3 Å². The van der Waals surface area contributed by atoms with Crippen LogP contribution >= 0.6 is 11.6 Å². The van der Waals surface area contributed by atoms with E-state index in [0.717, 1.165) is 18.7 Å². The van der Waals surface area contributed by atoms with E-state index >= 15 is 0 Å². The van der Waals surface area contributed by atoms with Gasteiger partial charge in [-0.3, -0.25) is 4.79 Å².